The summed E-state index contributed by atoms with van der Waals surface area (Å²) in [6, 6.07) is 10.4. The summed E-state index contributed by atoms with van der Waals surface area (Å²) in [5, 5.41) is 19.9. The Labute approximate surface area is 249 Å². The van der Waals surface area contributed by atoms with Gasteiger partial charge in [0.2, 0.25) is 0 Å². The molecule has 8 nitrogen and oxygen atoms in total. The lowest BCUT2D eigenvalue weighted by Gasteiger charge is -2.52. The minimum Gasteiger partial charge on any atom is -0.435 e. The van der Waals surface area contributed by atoms with Crippen molar-refractivity contribution < 1.29 is 49.7 Å². The average Bonchev–Trinajstić information content (AvgIpc) is 2.98. The largest absolute Gasteiger partial charge is 0.435 e. The number of hydrogen-bond acceptors (Lipinski definition) is 7. The fourth-order valence-corrected chi connectivity index (χ4v) is 7.15. The Hall–Kier alpha value is -3.53. The highest BCUT2D eigenvalue weighted by Crippen LogP contribution is 2.43. The number of nitrogens with zero attached hydrogens (tertiary/aromatic N) is 3. The normalized spacial score (nSPS) is 17.9. The van der Waals surface area contributed by atoms with Crippen LogP contribution < -0.4 is 13.9 Å². The van der Waals surface area contributed by atoms with E-state index in [1.54, 1.807) is 19.1 Å². The summed E-state index contributed by atoms with van der Waals surface area (Å²) in [7, 11) is -4.61. The molecule has 3 aromatic carbocycles. The monoisotopic (exact) mass is 645 g/mol. The van der Waals surface area contributed by atoms with Crippen LogP contribution >= 0.6 is 0 Å². The molecule has 5 rings (SSSR count). The second-order valence-electron chi connectivity index (χ2n) is 10.9. The van der Waals surface area contributed by atoms with Crippen LogP contribution in [-0.4, -0.2) is 81.1 Å². The van der Waals surface area contributed by atoms with E-state index in [1.165, 1.54) is 6.07 Å². The first-order valence-corrected chi connectivity index (χ1v) is 14.9. The maximum absolute atomic E-state index is 14.4. The van der Waals surface area contributed by atoms with Crippen molar-refractivity contribution in [1.82, 2.24) is 4.90 Å². The molecular weight excluding hydrogens is 616 g/mol. The predicted molar refractivity (Wildman–Crippen MR) is 150 cm³/mol. The first-order valence-electron chi connectivity index (χ1n) is 13.5. The van der Waals surface area contributed by atoms with Crippen molar-refractivity contribution in [3.63, 3.8) is 0 Å². The molecule has 2 aliphatic heterocycles. The van der Waals surface area contributed by atoms with E-state index in [4.69, 9.17) is 0 Å². The highest BCUT2D eigenvalue weighted by molar-refractivity contribution is 7.92. The quantitative estimate of drug-likeness (QED) is 0.347. The van der Waals surface area contributed by atoms with E-state index in [0.717, 1.165) is 40.7 Å². The fourth-order valence-electron chi connectivity index (χ4n) is 5.59. The predicted octanol–water partition coefficient (Wildman–Crippen LogP) is 4.56. The molecule has 15 heteroatoms. The second kappa shape index (κ2) is 11.8. The number of alkyl halides is 5. The summed E-state index contributed by atoms with van der Waals surface area (Å²) in [5.41, 5.74) is -1.28. The molecule has 2 heterocycles. The van der Waals surface area contributed by atoms with Crippen LogP contribution in [0.15, 0.2) is 65.6 Å². The third-order valence-corrected chi connectivity index (χ3v) is 9.81. The molecule has 0 amide bonds. The van der Waals surface area contributed by atoms with Crippen molar-refractivity contribution in [3.05, 3.63) is 72.0 Å². The van der Waals surface area contributed by atoms with E-state index in [1.807, 2.05) is 9.80 Å². The number of fused-ring (bicyclic) bond motifs is 3. The maximum Gasteiger partial charge on any atom is 0.416 e. The van der Waals surface area contributed by atoms with Crippen molar-refractivity contribution in [2.75, 3.05) is 48.6 Å². The number of sulfonamides is 1. The van der Waals surface area contributed by atoms with Gasteiger partial charge in [-0.15, -0.1) is 0 Å². The Kier molecular flexibility index (Phi) is 8.52. The number of aliphatic hydroxyl groups excluding tert-OH is 2. The zero-order valence-corrected chi connectivity index (χ0v) is 24.1. The lowest BCUT2D eigenvalue weighted by molar-refractivity contribution is -0.137. The number of hydrogen-bond donors (Lipinski definition) is 2. The topological polar surface area (TPSA) is 93.6 Å². The van der Waals surface area contributed by atoms with Crippen molar-refractivity contribution in [2.45, 2.75) is 36.2 Å². The molecule has 0 saturated carbocycles. The summed E-state index contributed by atoms with van der Waals surface area (Å²) < 4.78 is 114. The zero-order valence-electron chi connectivity index (χ0n) is 23.3. The van der Waals surface area contributed by atoms with Gasteiger partial charge < -0.3 is 19.8 Å². The Morgan fingerprint density at radius 1 is 0.932 bits per heavy atom. The van der Waals surface area contributed by atoms with Crippen LogP contribution in [0.5, 0.6) is 5.75 Å². The number of aliphatic hydroxyl groups is 2. The summed E-state index contributed by atoms with van der Waals surface area (Å²) in [4.78, 5) is 3.17. The van der Waals surface area contributed by atoms with Crippen molar-refractivity contribution in [3.8, 4) is 16.9 Å². The fraction of sp³-hybridized carbons (Fsp3) is 0.379. The van der Waals surface area contributed by atoms with Gasteiger partial charge >= 0.3 is 12.8 Å². The number of halogens is 6. The number of anilines is 2. The van der Waals surface area contributed by atoms with Crippen LogP contribution in [0.25, 0.3) is 11.1 Å². The maximum atomic E-state index is 14.4. The second-order valence-corrected chi connectivity index (χ2v) is 12.8. The van der Waals surface area contributed by atoms with E-state index in [9.17, 15) is 45.0 Å². The molecule has 1 atom stereocenters. The van der Waals surface area contributed by atoms with Crippen LogP contribution in [0.3, 0.4) is 0 Å². The van der Waals surface area contributed by atoms with Gasteiger partial charge in [-0.2, -0.15) is 22.0 Å². The molecule has 0 spiro atoms. The molecule has 1 fully saturated rings. The smallest absolute Gasteiger partial charge is 0.416 e. The number of rotatable bonds is 8. The van der Waals surface area contributed by atoms with Crippen LogP contribution in [0.1, 0.15) is 12.5 Å². The zero-order chi connectivity index (χ0) is 32.0. The van der Waals surface area contributed by atoms with Gasteiger partial charge in [-0.3, -0.25) is 9.21 Å². The van der Waals surface area contributed by atoms with Crippen molar-refractivity contribution >= 4 is 21.4 Å². The first kappa shape index (κ1) is 31.9. The summed E-state index contributed by atoms with van der Waals surface area (Å²) in [5.74, 6) is -1.33. The molecule has 0 unspecified atom stereocenters. The molecule has 44 heavy (non-hydrogen) atoms. The number of ether oxygens (including phenoxy) is 1. The lowest BCUT2D eigenvalue weighted by Crippen LogP contribution is -2.66. The van der Waals surface area contributed by atoms with Crippen LogP contribution in [0.4, 0.5) is 37.7 Å². The summed E-state index contributed by atoms with van der Waals surface area (Å²) >= 11 is 0. The van der Waals surface area contributed by atoms with Gasteiger partial charge in [-0.25, -0.2) is 12.8 Å². The Morgan fingerprint density at radius 2 is 1.66 bits per heavy atom. The van der Waals surface area contributed by atoms with Crippen molar-refractivity contribution in [1.29, 1.82) is 0 Å². The third-order valence-electron chi connectivity index (χ3n) is 8.04. The van der Waals surface area contributed by atoms with Crippen molar-refractivity contribution in [2.24, 2.45) is 0 Å². The summed E-state index contributed by atoms with van der Waals surface area (Å²) in [6.07, 6.45) is -4.80. The van der Waals surface area contributed by atoms with Gasteiger partial charge in [0.1, 0.15) is 11.6 Å². The molecular formula is C29H29F6N3O5S. The SMILES string of the molecule is CC(CO)(CO)N1CCN2c3ccc(-c4cc(F)cc(OC(F)F)c4)cc3N(S(=O)(=O)c3cccc(C(F)(F)F)c3)C[C@@H]2C1. The standard InChI is InChI=1S/C29H29F6N3O5S/c1-28(16-39,17-40)36-7-8-37-22(14-36)15-38(44(41,42)24-4-2-3-20(12-24)29(33,34)35)26-11-18(5-6-25(26)37)19-9-21(30)13-23(10-19)43-27(31)32/h2-6,9-13,22,27,39-40H,7-8,14-17H2,1H3/t22-/m0/s1. The van der Waals surface area contributed by atoms with E-state index in [0.29, 0.717) is 24.8 Å². The molecule has 2 N–H and O–H groups in total. The molecule has 238 valence electrons. The molecule has 0 aromatic heterocycles. The van der Waals surface area contributed by atoms with E-state index in [2.05, 4.69) is 4.74 Å². The van der Waals surface area contributed by atoms with E-state index in [-0.39, 0.29) is 43.1 Å². The number of benzene rings is 3. The third kappa shape index (κ3) is 6.05. The molecule has 3 aromatic rings. The highest BCUT2D eigenvalue weighted by Gasteiger charge is 2.44. The molecule has 0 aliphatic carbocycles. The van der Waals surface area contributed by atoms with Crippen LogP contribution in [-0.2, 0) is 16.2 Å². The van der Waals surface area contributed by atoms with E-state index >= 15 is 0 Å². The molecule has 1 saturated heterocycles. The molecule has 0 bridgehead atoms. The Bertz CT molecular complexity index is 1630. The van der Waals surface area contributed by atoms with Crippen LogP contribution in [0.2, 0.25) is 0 Å². The lowest BCUT2D eigenvalue weighted by atomic mass is 9.96. The minimum atomic E-state index is -4.80. The number of piperazine rings is 1. The average molecular weight is 646 g/mol. The Morgan fingerprint density at radius 3 is 2.32 bits per heavy atom. The molecule has 0 radical (unpaired) electrons. The van der Waals surface area contributed by atoms with Gasteiger partial charge in [0.15, 0.2) is 0 Å². The first-order chi connectivity index (χ1) is 20.7. The van der Waals surface area contributed by atoms with E-state index < -0.39 is 56.4 Å². The highest BCUT2D eigenvalue weighted by atomic mass is 32.2. The molecule has 2 aliphatic rings. The van der Waals surface area contributed by atoms with Gasteiger partial charge in [0.05, 0.1) is 53.2 Å². The summed E-state index contributed by atoms with van der Waals surface area (Å²) in [6.45, 7) is -1.53. The van der Waals surface area contributed by atoms with Gasteiger partial charge in [-0.05, 0) is 60.5 Å². The van der Waals surface area contributed by atoms with Gasteiger partial charge in [-0.1, -0.05) is 12.1 Å². The van der Waals surface area contributed by atoms with Crippen LogP contribution in [0, 0.1) is 5.82 Å². The Balaban J connectivity index is 1.63. The minimum absolute atomic E-state index is 0.0947. The van der Waals surface area contributed by atoms with Gasteiger partial charge in [0, 0.05) is 25.7 Å². The van der Waals surface area contributed by atoms with Gasteiger partial charge in [0.25, 0.3) is 10.0 Å².